The number of halogens is 1. The molecule has 5 heteroatoms. The summed E-state index contributed by atoms with van der Waals surface area (Å²) in [5.41, 5.74) is 2.35. The van der Waals surface area contributed by atoms with Gasteiger partial charge in [-0.3, -0.25) is 4.79 Å². The van der Waals surface area contributed by atoms with E-state index in [1.54, 1.807) is 6.07 Å². The second-order valence-corrected chi connectivity index (χ2v) is 7.46. The summed E-state index contributed by atoms with van der Waals surface area (Å²) in [7, 11) is 3.81. The fourth-order valence-electron chi connectivity index (χ4n) is 3.75. The molecule has 0 saturated heterocycles. The summed E-state index contributed by atoms with van der Waals surface area (Å²) >= 11 is 0. The van der Waals surface area contributed by atoms with Gasteiger partial charge in [0.05, 0.1) is 6.04 Å². The Kier molecular flexibility index (Phi) is 5.07. The van der Waals surface area contributed by atoms with Crippen molar-refractivity contribution in [2.45, 2.75) is 13.0 Å². The highest BCUT2D eigenvalue weighted by Crippen LogP contribution is 2.31. The van der Waals surface area contributed by atoms with Crippen LogP contribution in [0.1, 0.15) is 27.7 Å². The number of aryl methyl sites for hydroxylation is 1. The number of rotatable bonds is 5. The van der Waals surface area contributed by atoms with Crippen molar-refractivity contribution < 1.29 is 13.6 Å². The first kappa shape index (κ1) is 19.2. The summed E-state index contributed by atoms with van der Waals surface area (Å²) in [6.45, 7) is 2.23. The second-order valence-electron chi connectivity index (χ2n) is 7.46. The molecular weight excluding hydrogens is 367 g/mol. The molecule has 0 bridgehead atoms. The Morgan fingerprint density at radius 2 is 1.86 bits per heavy atom. The van der Waals surface area contributed by atoms with Crippen LogP contribution in [0.15, 0.2) is 65.1 Å². The Hall–Kier alpha value is -3.18. The zero-order valence-corrected chi connectivity index (χ0v) is 16.7. The molecule has 0 radical (unpaired) electrons. The number of fused-ring (bicyclic) bond motifs is 3. The Morgan fingerprint density at radius 3 is 2.62 bits per heavy atom. The van der Waals surface area contributed by atoms with Gasteiger partial charge < -0.3 is 14.6 Å². The van der Waals surface area contributed by atoms with E-state index in [2.05, 4.69) is 5.32 Å². The van der Waals surface area contributed by atoms with Gasteiger partial charge in [-0.1, -0.05) is 48.5 Å². The van der Waals surface area contributed by atoms with Crippen molar-refractivity contribution >= 4 is 27.6 Å². The first-order valence-electron chi connectivity index (χ1n) is 9.56. The minimum absolute atomic E-state index is 0.153. The molecule has 1 aromatic heterocycles. The molecule has 29 heavy (non-hydrogen) atoms. The van der Waals surface area contributed by atoms with Gasteiger partial charge in [0.2, 0.25) is 0 Å². The van der Waals surface area contributed by atoms with Crippen LogP contribution >= 0.6 is 0 Å². The van der Waals surface area contributed by atoms with Gasteiger partial charge in [-0.15, -0.1) is 0 Å². The van der Waals surface area contributed by atoms with Crippen molar-refractivity contribution in [3.63, 3.8) is 0 Å². The first-order chi connectivity index (χ1) is 14.0. The standard InChI is InChI=1S/C24H23FN2O2/c1-15-19-12-11-16-7-4-5-10-20(16)23(19)29-22(15)24(28)26-14-21(27(2)3)17-8-6-9-18(25)13-17/h4-13,21H,14H2,1-3H3,(H,26,28). The number of furan rings is 1. The number of nitrogens with one attached hydrogen (secondary N) is 1. The normalized spacial score (nSPS) is 12.6. The van der Waals surface area contributed by atoms with E-state index in [1.165, 1.54) is 12.1 Å². The molecule has 4 nitrogen and oxygen atoms in total. The predicted molar refractivity (Wildman–Crippen MR) is 114 cm³/mol. The van der Waals surface area contributed by atoms with Gasteiger partial charge in [-0.2, -0.15) is 0 Å². The van der Waals surface area contributed by atoms with E-state index in [9.17, 15) is 9.18 Å². The van der Waals surface area contributed by atoms with Crippen LogP contribution in [0.4, 0.5) is 4.39 Å². The van der Waals surface area contributed by atoms with Crippen molar-refractivity contribution in [2.75, 3.05) is 20.6 Å². The number of carbonyl (C=O) groups excluding carboxylic acids is 1. The highest BCUT2D eigenvalue weighted by Gasteiger charge is 2.21. The Bertz CT molecular complexity index is 1200. The van der Waals surface area contributed by atoms with Crippen LogP contribution in [-0.4, -0.2) is 31.4 Å². The lowest BCUT2D eigenvalue weighted by Gasteiger charge is -2.25. The Labute approximate surface area is 168 Å². The molecule has 0 aliphatic heterocycles. The van der Waals surface area contributed by atoms with Gasteiger partial charge in [0.25, 0.3) is 5.91 Å². The average Bonchev–Trinajstić information content (AvgIpc) is 3.05. The lowest BCUT2D eigenvalue weighted by Crippen LogP contribution is -2.34. The number of carbonyl (C=O) groups is 1. The second kappa shape index (κ2) is 7.68. The molecule has 0 aliphatic rings. The molecule has 3 aromatic carbocycles. The minimum atomic E-state index is -0.291. The number of benzene rings is 3. The maximum Gasteiger partial charge on any atom is 0.287 e. The molecular formula is C24H23FN2O2. The monoisotopic (exact) mass is 390 g/mol. The van der Waals surface area contributed by atoms with Crippen LogP contribution in [0.25, 0.3) is 21.7 Å². The van der Waals surface area contributed by atoms with Crippen LogP contribution in [0.3, 0.4) is 0 Å². The lowest BCUT2D eigenvalue weighted by molar-refractivity contribution is 0.0915. The summed E-state index contributed by atoms with van der Waals surface area (Å²) in [4.78, 5) is 14.9. The Balaban J connectivity index is 1.62. The molecule has 0 fully saturated rings. The molecule has 1 unspecified atom stereocenters. The number of amides is 1. The molecule has 4 aromatic rings. The SMILES string of the molecule is Cc1c(C(=O)NCC(c2cccc(F)c2)N(C)C)oc2c1ccc1ccccc12. The van der Waals surface area contributed by atoms with Gasteiger partial charge >= 0.3 is 0 Å². The summed E-state index contributed by atoms with van der Waals surface area (Å²) in [5.74, 6) is -0.250. The van der Waals surface area contributed by atoms with E-state index < -0.39 is 0 Å². The van der Waals surface area contributed by atoms with Crippen LogP contribution in [-0.2, 0) is 0 Å². The molecule has 1 atom stereocenters. The van der Waals surface area contributed by atoms with E-state index in [1.807, 2.05) is 68.4 Å². The zero-order valence-electron chi connectivity index (χ0n) is 16.7. The van der Waals surface area contributed by atoms with Gasteiger partial charge in [0, 0.05) is 22.9 Å². The number of hydrogen-bond acceptors (Lipinski definition) is 3. The number of hydrogen-bond donors (Lipinski definition) is 1. The van der Waals surface area contributed by atoms with Crippen LogP contribution in [0.5, 0.6) is 0 Å². The minimum Gasteiger partial charge on any atom is -0.450 e. The van der Waals surface area contributed by atoms with Crippen molar-refractivity contribution in [1.82, 2.24) is 10.2 Å². The van der Waals surface area contributed by atoms with Crippen molar-refractivity contribution in [2.24, 2.45) is 0 Å². The molecule has 0 saturated carbocycles. The van der Waals surface area contributed by atoms with E-state index in [0.29, 0.717) is 12.3 Å². The average molecular weight is 390 g/mol. The molecule has 1 amide bonds. The van der Waals surface area contributed by atoms with E-state index in [0.717, 1.165) is 32.9 Å². The van der Waals surface area contributed by atoms with Crippen molar-refractivity contribution in [3.8, 4) is 0 Å². The maximum atomic E-state index is 13.6. The van der Waals surface area contributed by atoms with Crippen LogP contribution in [0.2, 0.25) is 0 Å². The van der Waals surface area contributed by atoms with Gasteiger partial charge in [0.15, 0.2) is 5.76 Å². The summed E-state index contributed by atoms with van der Waals surface area (Å²) in [6, 6.07) is 18.3. The molecule has 4 rings (SSSR count). The van der Waals surface area contributed by atoms with E-state index in [-0.39, 0.29) is 17.8 Å². The topological polar surface area (TPSA) is 45.5 Å². The largest absolute Gasteiger partial charge is 0.450 e. The number of nitrogens with zero attached hydrogens (tertiary/aromatic N) is 1. The van der Waals surface area contributed by atoms with Crippen LogP contribution in [0, 0.1) is 12.7 Å². The third kappa shape index (κ3) is 3.61. The molecule has 148 valence electrons. The van der Waals surface area contributed by atoms with Gasteiger partial charge in [-0.25, -0.2) is 4.39 Å². The molecule has 0 spiro atoms. The summed E-state index contributed by atoms with van der Waals surface area (Å²) in [6.07, 6.45) is 0. The third-order valence-corrected chi connectivity index (χ3v) is 5.35. The summed E-state index contributed by atoms with van der Waals surface area (Å²) in [5, 5.41) is 5.94. The highest BCUT2D eigenvalue weighted by molar-refractivity contribution is 6.08. The zero-order chi connectivity index (χ0) is 20.5. The van der Waals surface area contributed by atoms with E-state index in [4.69, 9.17) is 4.42 Å². The lowest BCUT2D eigenvalue weighted by atomic mass is 10.0. The fourth-order valence-corrected chi connectivity index (χ4v) is 3.75. The third-order valence-electron chi connectivity index (χ3n) is 5.35. The maximum absolute atomic E-state index is 13.6. The molecule has 1 N–H and O–H groups in total. The predicted octanol–water partition coefficient (Wildman–Crippen LogP) is 5.07. The van der Waals surface area contributed by atoms with Crippen molar-refractivity contribution in [3.05, 3.63) is 83.4 Å². The fraction of sp³-hybridized carbons (Fsp3) is 0.208. The van der Waals surface area contributed by atoms with E-state index >= 15 is 0 Å². The van der Waals surface area contributed by atoms with Gasteiger partial charge in [-0.05, 0) is 44.1 Å². The molecule has 1 heterocycles. The number of likely N-dealkylation sites (N-methyl/N-ethyl adjacent to an activating group) is 1. The Morgan fingerprint density at radius 1 is 1.07 bits per heavy atom. The van der Waals surface area contributed by atoms with Crippen LogP contribution < -0.4 is 5.32 Å². The van der Waals surface area contributed by atoms with Gasteiger partial charge in [0.1, 0.15) is 11.4 Å². The quantitative estimate of drug-likeness (QED) is 0.518. The highest BCUT2D eigenvalue weighted by atomic mass is 19.1. The van der Waals surface area contributed by atoms with Crippen molar-refractivity contribution in [1.29, 1.82) is 0 Å². The first-order valence-corrected chi connectivity index (χ1v) is 9.56. The smallest absolute Gasteiger partial charge is 0.287 e. The summed E-state index contributed by atoms with van der Waals surface area (Å²) < 4.78 is 19.6. The molecule has 0 aliphatic carbocycles.